The molecule has 1 heterocycles. The number of carbonyl (C=O) groups is 1. The molecule has 2 aromatic carbocycles. The van der Waals surface area contributed by atoms with Crippen LogP contribution in [0.3, 0.4) is 0 Å². The molecule has 0 spiro atoms. The number of imidazole rings is 1. The Morgan fingerprint density at radius 1 is 0.926 bits per heavy atom. The molecule has 3 aromatic rings. The number of benzene rings is 2. The van der Waals surface area contributed by atoms with Crippen molar-refractivity contribution in [2.45, 2.75) is 32.6 Å². The zero-order valence-electron chi connectivity index (χ0n) is 16.1. The molecule has 0 saturated carbocycles. The summed E-state index contributed by atoms with van der Waals surface area (Å²) in [5.41, 5.74) is 3.71. The molecular formula is C23H27N3O. The Morgan fingerprint density at radius 3 is 2.19 bits per heavy atom. The van der Waals surface area contributed by atoms with Crippen molar-refractivity contribution in [3.05, 3.63) is 66.5 Å². The van der Waals surface area contributed by atoms with Crippen LogP contribution in [0.25, 0.3) is 22.5 Å². The van der Waals surface area contributed by atoms with Gasteiger partial charge in [-0.15, -0.1) is 0 Å². The summed E-state index contributed by atoms with van der Waals surface area (Å²) in [5.74, 6) is 0.330. The van der Waals surface area contributed by atoms with Crippen molar-refractivity contribution in [1.82, 2.24) is 14.9 Å². The van der Waals surface area contributed by atoms with Crippen molar-refractivity contribution in [3.8, 4) is 22.5 Å². The van der Waals surface area contributed by atoms with Crippen LogP contribution in [0.2, 0.25) is 0 Å². The maximum absolute atomic E-state index is 12.9. The molecule has 0 aliphatic rings. The van der Waals surface area contributed by atoms with Crippen LogP contribution < -0.4 is 0 Å². The average Bonchev–Trinajstić information content (AvgIpc) is 3.17. The summed E-state index contributed by atoms with van der Waals surface area (Å²) in [6.07, 6.45) is 4.57. The second-order valence-electron chi connectivity index (χ2n) is 6.83. The number of aromatic amines is 1. The predicted octanol–water partition coefficient (Wildman–Crippen LogP) is 5.40. The molecule has 0 fully saturated rings. The van der Waals surface area contributed by atoms with Gasteiger partial charge in [-0.25, -0.2) is 4.98 Å². The Labute approximate surface area is 161 Å². The summed E-state index contributed by atoms with van der Waals surface area (Å²) in [6, 6.07) is 20.0. The third-order valence-electron chi connectivity index (χ3n) is 4.71. The summed E-state index contributed by atoms with van der Waals surface area (Å²) < 4.78 is 0. The lowest BCUT2D eigenvalue weighted by Gasteiger charge is -2.15. The summed E-state index contributed by atoms with van der Waals surface area (Å²) in [4.78, 5) is 22.6. The number of H-pyrrole nitrogens is 1. The van der Waals surface area contributed by atoms with E-state index in [1.807, 2.05) is 67.7 Å². The first-order valence-electron chi connectivity index (χ1n) is 9.67. The van der Waals surface area contributed by atoms with E-state index in [4.69, 9.17) is 0 Å². The number of amides is 1. The van der Waals surface area contributed by atoms with Crippen LogP contribution in [-0.4, -0.2) is 34.4 Å². The van der Waals surface area contributed by atoms with Crippen LogP contribution >= 0.6 is 0 Å². The van der Waals surface area contributed by atoms with Gasteiger partial charge in [-0.1, -0.05) is 86.8 Å². The largest absolute Gasteiger partial charge is 0.339 e. The second-order valence-corrected chi connectivity index (χ2v) is 6.83. The minimum absolute atomic E-state index is 0.0640. The van der Waals surface area contributed by atoms with Crippen LogP contribution in [0.15, 0.2) is 60.7 Å². The average molecular weight is 361 g/mol. The van der Waals surface area contributed by atoms with E-state index in [9.17, 15) is 4.79 Å². The highest BCUT2D eigenvalue weighted by Crippen LogP contribution is 2.30. The molecule has 0 bridgehead atoms. The third kappa shape index (κ3) is 4.64. The van der Waals surface area contributed by atoms with Gasteiger partial charge in [0.2, 0.25) is 0 Å². The number of hydrogen-bond acceptors (Lipinski definition) is 2. The van der Waals surface area contributed by atoms with Gasteiger partial charge in [0.05, 0.1) is 11.4 Å². The van der Waals surface area contributed by atoms with Crippen LogP contribution in [0.4, 0.5) is 0 Å². The molecule has 0 aliphatic carbocycles. The van der Waals surface area contributed by atoms with E-state index in [0.29, 0.717) is 5.82 Å². The van der Waals surface area contributed by atoms with Crippen molar-refractivity contribution >= 4 is 5.91 Å². The van der Waals surface area contributed by atoms with E-state index in [1.165, 1.54) is 12.8 Å². The van der Waals surface area contributed by atoms with Crippen LogP contribution in [0.5, 0.6) is 0 Å². The van der Waals surface area contributed by atoms with Crippen molar-refractivity contribution in [2.24, 2.45) is 0 Å². The molecule has 1 aromatic heterocycles. The van der Waals surface area contributed by atoms with Crippen molar-refractivity contribution in [2.75, 3.05) is 13.6 Å². The summed E-state index contributed by atoms with van der Waals surface area (Å²) in [5, 5.41) is 0. The van der Waals surface area contributed by atoms with Gasteiger partial charge in [0.15, 0.2) is 5.82 Å². The molecule has 3 rings (SSSR count). The molecule has 140 valence electrons. The van der Waals surface area contributed by atoms with Gasteiger partial charge in [0, 0.05) is 24.7 Å². The topological polar surface area (TPSA) is 49.0 Å². The lowest BCUT2D eigenvalue weighted by Crippen LogP contribution is -2.28. The standard InChI is InChI=1S/C23H27N3O/c1-3-4-5-12-17-26(2)23(27)22-24-20(18-13-8-6-9-14-18)21(25-22)19-15-10-7-11-16-19/h6-11,13-16H,3-5,12,17H2,1-2H3,(H,24,25). The first kappa shape index (κ1) is 18.9. The highest BCUT2D eigenvalue weighted by atomic mass is 16.2. The summed E-state index contributed by atoms with van der Waals surface area (Å²) >= 11 is 0. The fraction of sp³-hybridized carbons (Fsp3) is 0.304. The molecule has 4 nitrogen and oxygen atoms in total. The first-order valence-corrected chi connectivity index (χ1v) is 9.67. The molecule has 1 N–H and O–H groups in total. The quantitative estimate of drug-likeness (QED) is 0.546. The molecule has 0 atom stereocenters. The van der Waals surface area contributed by atoms with Crippen LogP contribution in [-0.2, 0) is 0 Å². The number of hydrogen-bond donors (Lipinski definition) is 1. The number of nitrogens with zero attached hydrogens (tertiary/aromatic N) is 2. The number of unbranched alkanes of at least 4 members (excludes halogenated alkanes) is 3. The van der Waals surface area contributed by atoms with Gasteiger partial charge in [-0.2, -0.15) is 0 Å². The number of rotatable bonds is 8. The molecule has 0 saturated heterocycles. The lowest BCUT2D eigenvalue weighted by atomic mass is 10.1. The zero-order valence-corrected chi connectivity index (χ0v) is 16.1. The van der Waals surface area contributed by atoms with Gasteiger partial charge in [0.25, 0.3) is 5.91 Å². The van der Waals surface area contributed by atoms with Crippen molar-refractivity contribution < 1.29 is 4.79 Å². The fourth-order valence-corrected chi connectivity index (χ4v) is 3.15. The molecular weight excluding hydrogens is 334 g/mol. The molecule has 0 unspecified atom stereocenters. The van der Waals surface area contributed by atoms with Gasteiger partial charge < -0.3 is 9.88 Å². The number of nitrogens with one attached hydrogen (secondary N) is 1. The number of aromatic nitrogens is 2. The maximum Gasteiger partial charge on any atom is 0.289 e. The van der Waals surface area contributed by atoms with Crippen LogP contribution in [0.1, 0.15) is 43.2 Å². The van der Waals surface area contributed by atoms with E-state index >= 15 is 0 Å². The molecule has 0 radical (unpaired) electrons. The zero-order chi connectivity index (χ0) is 19.1. The molecule has 4 heteroatoms. The number of carbonyl (C=O) groups excluding carboxylic acids is 1. The Morgan fingerprint density at radius 2 is 1.56 bits per heavy atom. The monoisotopic (exact) mass is 361 g/mol. The maximum atomic E-state index is 12.9. The smallest absolute Gasteiger partial charge is 0.289 e. The van der Waals surface area contributed by atoms with Gasteiger partial charge in [-0.05, 0) is 6.42 Å². The molecule has 1 amide bonds. The summed E-state index contributed by atoms with van der Waals surface area (Å²) in [6.45, 7) is 2.94. The van der Waals surface area contributed by atoms with Gasteiger partial charge in [0.1, 0.15) is 0 Å². The fourth-order valence-electron chi connectivity index (χ4n) is 3.15. The SMILES string of the molecule is CCCCCCN(C)C(=O)c1nc(-c2ccccc2)c(-c2ccccc2)[nH]1. The van der Waals surface area contributed by atoms with Crippen molar-refractivity contribution in [3.63, 3.8) is 0 Å². The predicted molar refractivity (Wildman–Crippen MR) is 111 cm³/mol. The highest BCUT2D eigenvalue weighted by Gasteiger charge is 2.20. The Bertz CT molecular complexity index is 799. The minimum Gasteiger partial charge on any atom is -0.339 e. The van der Waals surface area contributed by atoms with E-state index in [2.05, 4.69) is 16.9 Å². The first-order chi connectivity index (χ1) is 13.2. The van der Waals surface area contributed by atoms with E-state index in [1.54, 1.807) is 4.90 Å². The minimum atomic E-state index is -0.0640. The second kappa shape index (κ2) is 9.17. The Kier molecular flexibility index (Phi) is 6.42. The van der Waals surface area contributed by atoms with E-state index in [-0.39, 0.29) is 5.91 Å². The normalized spacial score (nSPS) is 10.7. The van der Waals surface area contributed by atoms with Gasteiger partial charge >= 0.3 is 0 Å². The molecule has 0 aliphatic heterocycles. The molecule has 27 heavy (non-hydrogen) atoms. The summed E-state index contributed by atoms with van der Waals surface area (Å²) in [7, 11) is 1.85. The van der Waals surface area contributed by atoms with Gasteiger partial charge in [-0.3, -0.25) is 4.79 Å². The Balaban J connectivity index is 1.89. The van der Waals surface area contributed by atoms with E-state index in [0.717, 1.165) is 41.9 Å². The third-order valence-corrected chi connectivity index (χ3v) is 4.71. The van der Waals surface area contributed by atoms with Crippen molar-refractivity contribution in [1.29, 1.82) is 0 Å². The Hall–Kier alpha value is -2.88. The highest BCUT2D eigenvalue weighted by molar-refractivity contribution is 5.93. The lowest BCUT2D eigenvalue weighted by molar-refractivity contribution is 0.0782. The van der Waals surface area contributed by atoms with Crippen LogP contribution in [0, 0.1) is 0 Å². The van der Waals surface area contributed by atoms with E-state index < -0.39 is 0 Å².